The zero-order valence-corrected chi connectivity index (χ0v) is 9.01. The molecule has 0 N–H and O–H groups in total. The fraction of sp³-hybridized carbons (Fsp3) is 0.100. The van der Waals surface area contributed by atoms with Gasteiger partial charge in [0.25, 0.3) is 0 Å². The van der Waals surface area contributed by atoms with Gasteiger partial charge in [0.1, 0.15) is 0 Å². The number of benzene rings is 1. The highest BCUT2D eigenvalue weighted by Crippen LogP contribution is 2.32. The molecule has 4 heteroatoms. The van der Waals surface area contributed by atoms with E-state index < -0.39 is 0 Å². The van der Waals surface area contributed by atoms with E-state index in [1.165, 1.54) is 13.2 Å². The van der Waals surface area contributed by atoms with E-state index in [9.17, 15) is 4.39 Å². The summed E-state index contributed by atoms with van der Waals surface area (Å²) in [6, 6.07) is 4.73. The Bertz CT molecular complexity index is 487. The molecule has 1 aromatic heterocycles. The van der Waals surface area contributed by atoms with Crippen molar-refractivity contribution in [3.63, 3.8) is 0 Å². The molecule has 14 heavy (non-hydrogen) atoms. The SMILES string of the molecule is COc1c(F)ccc2nccc(Br)c12. The van der Waals surface area contributed by atoms with Crippen LogP contribution in [0.2, 0.25) is 0 Å². The maximum absolute atomic E-state index is 13.3. The molecule has 0 amide bonds. The molecular weight excluding hydrogens is 249 g/mol. The summed E-state index contributed by atoms with van der Waals surface area (Å²) in [4.78, 5) is 4.12. The van der Waals surface area contributed by atoms with Crippen LogP contribution in [0.1, 0.15) is 0 Å². The molecular formula is C10H7BrFNO. The molecule has 1 aromatic carbocycles. The summed E-state index contributed by atoms with van der Waals surface area (Å²) >= 11 is 3.34. The van der Waals surface area contributed by atoms with E-state index in [0.29, 0.717) is 10.9 Å². The molecule has 2 nitrogen and oxygen atoms in total. The lowest BCUT2D eigenvalue weighted by Gasteiger charge is -2.07. The summed E-state index contributed by atoms with van der Waals surface area (Å²) in [5.41, 5.74) is 0.706. The minimum atomic E-state index is -0.381. The quantitative estimate of drug-likeness (QED) is 0.781. The largest absolute Gasteiger partial charge is 0.493 e. The van der Waals surface area contributed by atoms with Gasteiger partial charge in [-0.1, -0.05) is 0 Å². The van der Waals surface area contributed by atoms with Gasteiger partial charge in [-0.2, -0.15) is 0 Å². The highest BCUT2D eigenvalue weighted by atomic mass is 79.9. The van der Waals surface area contributed by atoms with Gasteiger partial charge in [-0.25, -0.2) is 4.39 Å². The standard InChI is InChI=1S/C10H7BrFNO/c1-14-10-7(12)2-3-8-9(10)6(11)4-5-13-8/h2-5H,1H3. The van der Waals surface area contributed by atoms with Crippen molar-refractivity contribution in [3.05, 3.63) is 34.7 Å². The Kier molecular flexibility index (Phi) is 2.37. The Morgan fingerprint density at radius 2 is 2.14 bits per heavy atom. The summed E-state index contributed by atoms with van der Waals surface area (Å²) in [7, 11) is 1.44. The zero-order chi connectivity index (χ0) is 10.1. The van der Waals surface area contributed by atoms with Crippen molar-refractivity contribution in [2.24, 2.45) is 0 Å². The molecule has 0 fully saturated rings. The van der Waals surface area contributed by atoms with Gasteiger partial charge in [-0.05, 0) is 34.1 Å². The normalized spacial score (nSPS) is 10.5. The van der Waals surface area contributed by atoms with Crippen LogP contribution in [0.5, 0.6) is 5.75 Å². The van der Waals surface area contributed by atoms with E-state index in [1.54, 1.807) is 18.3 Å². The number of rotatable bonds is 1. The van der Waals surface area contributed by atoms with E-state index in [1.807, 2.05) is 0 Å². The first-order valence-corrected chi connectivity index (χ1v) is 4.80. The second kappa shape index (κ2) is 3.53. The topological polar surface area (TPSA) is 22.1 Å². The minimum absolute atomic E-state index is 0.225. The molecule has 2 rings (SSSR count). The highest BCUT2D eigenvalue weighted by molar-refractivity contribution is 9.10. The average molecular weight is 256 g/mol. The molecule has 0 bridgehead atoms. The first kappa shape index (κ1) is 9.40. The number of fused-ring (bicyclic) bond motifs is 1. The van der Waals surface area contributed by atoms with Crippen LogP contribution in [0.3, 0.4) is 0 Å². The zero-order valence-electron chi connectivity index (χ0n) is 7.42. The summed E-state index contributed by atoms with van der Waals surface area (Å²) in [5.74, 6) is -0.156. The number of ether oxygens (including phenoxy) is 1. The molecule has 72 valence electrons. The van der Waals surface area contributed by atoms with Crippen LogP contribution >= 0.6 is 15.9 Å². The Labute approximate surface area is 88.8 Å². The molecule has 0 saturated carbocycles. The van der Waals surface area contributed by atoms with Gasteiger partial charge in [-0.3, -0.25) is 4.98 Å². The highest BCUT2D eigenvalue weighted by Gasteiger charge is 2.10. The Morgan fingerprint density at radius 1 is 1.36 bits per heavy atom. The van der Waals surface area contributed by atoms with Crippen molar-refractivity contribution in [2.75, 3.05) is 7.11 Å². The fourth-order valence-corrected chi connectivity index (χ4v) is 1.85. The smallest absolute Gasteiger partial charge is 0.165 e. The van der Waals surface area contributed by atoms with E-state index in [0.717, 1.165) is 4.47 Å². The summed E-state index contributed by atoms with van der Waals surface area (Å²) in [5, 5.41) is 0.662. The van der Waals surface area contributed by atoms with E-state index in [2.05, 4.69) is 20.9 Å². The number of pyridine rings is 1. The van der Waals surface area contributed by atoms with Crippen LogP contribution < -0.4 is 4.74 Å². The number of aromatic nitrogens is 1. The lowest BCUT2D eigenvalue weighted by Crippen LogP contribution is -1.91. The molecule has 0 atom stereocenters. The summed E-state index contributed by atoms with van der Waals surface area (Å²) < 4.78 is 19.1. The van der Waals surface area contributed by atoms with Gasteiger partial charge in [0.2, 0.25) is 0 Å². The first-order chi connectivity index (χ1) is 6.74. The van der Waals surface area contributed by atoms with Gasteiger partial charge in [-0.15, -0.1) is 0 Å². The minimum Gasteiger partial charge on any atom is -0.493 e. The van der Waals surface area contributed by atoms with E-state index in [-0.39, 0.29) is 11.6 Å². The number of hydrogen-bond donors (Lipinski definition) is 0. The molecule has 0 aliphatic heterocycles. The molecule has 0 saturated heterocycles. The third-order valence-corrected chi connectivity index (χ3v) is 2.63. The number of halogens is 2. The van der Waals surface area contributed by atoms with Gasteiger partial charge in [0, 0.05) is 10.7 Å². The van der Waals surface area contributed by atoms with Crippen molar-refractivity contribution in [2.45, 2.75) is 0 Å². The van der Waals surface area contributed by atoms with Gasteiger partial charge in [0.05, 0.1) is 18.0 Å². The third-order valence-electron chi connectivity index (χ3n) is 1.97. The molecule has 0 radical (unpaired) electrons. The predicted octanol–water partition coefficient (Wildman–Crippen LogP) is 3.15. The molecule has 2 aromatic rings. The monoisotopic (exact) mass is 255 g/mol. The van der Waals surface area contributed by atoms with Gasteiger partial charge in [0.15, 0.2) is 11.6 Å². The van der Waals surface area contributed by atoms with Crippen LogP contribution in [0.25, 0.3) is 10.9 Å². The summed E-state index contributed by atoms with van der Waals surface area (Å²) in [6.45, 7) is 0. The van der Waals surface area contributed by atoms with E-state index in [4.69, 9.17) is 4.74 Å². The number of methoxy groups -OCH3 is 1. The lowest BCUT2D eigenvalue weighted by atomic mass is 10.2. The van der Waals surface area contributed by atoms with Crippen molar-refractivity contribution in [1.29, 1.82) is 0 Å². The van der Waals surface area contributed by atoms with Gasteiger partial charge >= 0.3 is 0 Å². The second-order valence-electron chi connectivity index (χ2n) is 2.77. The van der Waals surface area contributed by atoms with Crippen LogP contribution in [0, 0.1) is 5.82 Å². The maximum atomic E-state index is 13.3. The second-order valence-corrected chi connectivity index (χ2v) is 3.62. The Hall–Kier alpha value is -1.16. The van der Waals surface area contributed by atoms with Crippen molar-refractivity contribution < 1.29 is 9.13 Å². The first-order valence-electron chi connectivity index (χ1n) is 4.00. The molecule has 1 heterocycles. The molecule has 0 spiro atoms. The third kappa shape index (κ3) is 1.35. The van der Waals surface area contributed by atoms with Crippen LogP contribution in [0.15, 0.2) is 28.9 Å². The van der Waals surface area contributed by atoms with Crippen molar-refractivity contribution in [3.8, 4) is 5.75 Å². The summed E-state index contributed by atoms with van der Waals surface area (Å²) in [6.07, 6.45) is 1.66. The Morgan fingerprint density at radius 3 is 2.86 bits per heavy atom. The Balaban J connectivity index is 2.91. The van der Waals surface area contributed by atoms with Crippen LogP contribution in [-0.4, -0.2) is 12.1 Å². The average Bonchev–Trinajstić information content (AvgIpc) is 2.19. The van der Waals surface area contributed by atoms with Crippen LogP contribution in [-0.2, 0) is 0 Å². The van der Waals surface area contributed by atoms with Gasteiger partial charge < -0.3 is 4.74 Å². The van der Waals surface area contributed by atoms with Crippen LogP contribution in [0.4, 0.5) is 4.39 Å². The number of hydrogen-bond acceptors (Lipinski definition) is 2. The van der Waals surface area contributed by atoms with Crippen molar-refractivity contribution >= 4 is 26.8 Å². The number of nitrogens with zero attached hydrogens (tertiary/aromatic N) is 1. The molecule has 0 aliphatic rings. The maximum Gasteiger partial charge on any atom is 0.165 e. The lowest BCUT2D eigenvalue weighted by molar-refractivity contribution is 0.391. The molecule has 0 unspecified atom stereocenters. The van der Waals surface area contributed by atoms with Crippen molar-refractivity contribution in [1.82, 2.24) is 4.98 Å². The predicted molar refractivity (Wildman–Crippen MR) is 56.0 cm³/mol. The molecule has 0 aliphatic carbocycles. The van der Waals surface area contributed by atoms with E-state index >= 15 is 0 Å². The fourth-order valence-electron chi connectivity index (χ4n) is 1.35.